The molecular weight excluding hydrogens is 489 g/mol. The molecule has 10 nitrogen and oxygen atoms in total. The Morgan fingerprint density at radius 1 is 1.22 bits per heavy atom. The third-order valence-corrected chi connectivity index (χ3v) is 7.11. The van der Waals surface area contributed by atoms with Crippen LogP contribution in [0.4, 0.5) is 20.6 Å². The molecule has 1 N–H and O–H groups in total. The topological polar surface area (TPSA) is 104 Å². The number of ether oxygens (including phenoxy) is 1. The number of cyclic esters (lactones) is 1. The molecule has 4 heterocycles. The Hall–Kier alpha value is -3.67. The number of carbonyl (C=O) groups excluding carboxylic acids is 3. The summed E-state index contributed by atoms with van der Waals surface area (Å²) >= 11 is 1.57. The molecule has 3 aliphatic heterocycles. The number of piperazine rings is 1. The summed E-state index contributed by atoms with van der Waals surface area (Å²) in [5.41, 5.74) is 2.55. The lowest BCUT2D eigenvalue weighted by atomic mass is 10.1. The number of anilines is 2. The van der Waals surface area contributed by atoms with Gasteiger partial charge in [0.2, 0.25) is 12.0 Å². The first-order chi connectivity index (χ1) is 17.4. The fourth-order valence-corrected chi connectivity index (χ4v) is 5.16. The molecule has 5 rings (SSSR count). The quantitative estimate of drug-likeness (QED) is 0.633. The molecular formula is C24H26FN5O5S. The zero-order valence-corrected chi connectivity index (χ0v) is 20.5. The number of nitrogens with zero attached hydrogens (tertiary/aromatic N) is 4. The van der Waals surface area contributed by atoms with E-state index in [4.69, 9.17) is 9.57 Å². The Bertz CT molecular complexity index is 1180. The minimum absolute atomic E-state index is 0.110. The molecule has 2 atom stereocenters. The van der Waals surface area contributed by atoms with E-state index in [9.17, 15) is 14.4 Å². The summed E-state index contributed by atoms with van der Waals surface area (Å²) in [6, 6.07) is 6.57. The van der Waals surface area contributed by atoms with Crippen molar-refractivity contribution < 1.29 is 28.3 Å². The number of oxime groups is 1. The number of thiophene rings is 1. The summed E-state index contributed by atoms with van der Waals surface area (Å²) in [7, 11) is 0. The molecule has 0 radical (unpaired) electrons. The summed E-state index contributed by atoms with van der Waals surface area (Å²) in [6.07, 6.45) is -1.26. The third-order valence-electron chi connectivity index (χ3n) is 6.43. The smallest absolute Gasteiger partial charge is 0.414 e. The lowest BCUT2D eigenvalue weighted by Gasteiger charge is -2.37. The predicted molar refractivity (Wildman–Crippen MR) is 132 cm³/mol. The second-order valence-electron chi connectivity index (χ2n) is 8.85. The number of benzene rings is 1. The zero-order chi connectivity index (χ0) is 25.2. The number of nitrogens with one attached hydrogen (secondary N) is 1. The first-order valence-electron chi connectivity index (χ1n) is 11.7. The van der Waals surface area contributed by atoms with Crippen LogP contribution in [0.2, 0.25) is 0 Å². The Morgan fingerprint density at radius 3 is 2.72 bits per heavy atom. The summed E-state index contributed by atoms with van der Waals surface area (Å²) in [5, 5.41) is 10.6. The van der Waals surface area contributed by atoms with Crippen LogP contribution in [-0.4, -0.2) is 80.0 Å². The Kier molecular flexibility index (Phi) is 6.77. The molecule has 0 spiro atoms. The van der Waals surface area contributed by atoms with E-state index >= 15 is 4.39 Å². The van der Waals surface area contributed by atoms with Gasteiger partial charge in [-0.25, -0.2) is 9.18 Å². The minimum Gasteiger partial charge on any atom is -0.442 e. The number of amides is 3. The minimum atomic E-state index is -0.628. The second kappa shape index (κ2) is 10.1. The summed E-state index contributed by atoms with van der Waals surface area (Å²) in [5.74, 6) is -0.784. The predicted octanol–water partition coefficient (Wildman–Crippen LogP) is 2.19. The number of hydrogen-bond acceptors (Lipinski definition) is 8. The maximum absolute atomic E-state index is 15.1. The van der Waals surface area contributed by atoms with Crippen molar-refractivity contribution in [3.05, 3.63) is 46.4 Å². The van der Waals surface area contributed by atoms with E-state index in [0.29, 0.717) is 44.0 Å². The van der Waals surface area contributed by atoms with Crippen molar-refractivity contribution in [3.63, 3.8) is 0 Å². The molecule has 190 valence electrons. The number of halogens is 1. The molecule has 1 aromatic carbocycles. The summed E-state index contributed by atoms with van der Waals surface area (Å²) < 4.78 is 20.3. The zero-order valence-electron chi connectivity index (χ0n) is 19.7. The van der Waals surface area contributed by atoms with E-state index in [2.05, 4.69) is 10.5 Å². The molecule has 1 aromatic heterocycles. The van der Waals surface area contributed by atoms with Crippen molar-refractivity contribution in [2.24, 2.45) is 5.16 Å². The van der Waals surface area contributed by atoms with Gasteiger partial charge in [0.15, 0.2) is 0 Å². The summed E-state index contributed by atoms with van der Waals surface area (Å²) in [6.45, 7) is 3.63. The molecule has 1 unspecified atom stereocenters. The van der Waals surface area contributed by atoms with E-state index in [1.165, 1.54) is 17.9 Å². The highest BCUT2D eigenvalue weighted by atomic mass is 32.1. The monoisotopic (exact) mass is 515 g/mol. The van der Waals surface area contributed by atoms with Crippen molar-refractivity contribution in [1.29, 1.82) is 0 Å². The highest BCUT2D eigenvalue weighted by Crippen LogP contribution is 2.29. The Labute approximate surface area is 211 Å². The van der Waals surface area contributed by atoms with Crippen LogP contribution in [0.25, 0.3) is 0 Å². The van der Waals surface area contributed by atoms with Gasteiger partial charge in [-0.1, -0.05) is 5.16 Å². The summed E-state index contributed by atoms with van der Waals surface area (Å²) in [4.78, 5) is 46.6. The molecule has 0 saturated carbocycles. The average Bonchev–Trinajstić information content (AvgIpc) is 3.63. The van der Waals surface area contributed by atoms with Crippen molar-refractivity contribution >= 4 is 46.3 Å². The van der Waals surface area contributed by atoms with E-state index in [-0.39, 0.29) is 24.9 Å². The van der Waals surface area contributed by atoms with Gasteiger partial charge in [-0.15, -0.1) is 0 Å². The molecule has 3 amide bonds. The number of hydrogen-bond donors (Lipinski definition) is 1. The molecule has 0 bridgehead atoms. The van der Waals surface area contributed by atoms with Gasteiger partial charge in [-0.05, 0) is 35.0 Å². The maximum Gasteiger partial charge on any atom is 0.414 e. The van der Waals surface area contributed by atoms with Gasteiger partial charge in [0.05, 0.1) is 30.2 Å². The number of rotatable bonds is 6. The van der Waals surface area contributed by atoms with Gasteiger partial charge < -0.3 is 24.7 Å². The normalized spacial score (nSPS) is 21.8. The van der Waals surface area contributed by atoms with Crippen molar-refractivity contribution in [2.75, 3.05) is 49.1 Å². The van der Waals surface area contributed by atoms with Crippen LogP contribution in [0.3, 0.4) is 0 Å². The van der Waals surface area contributed by atoms with Crippen LogP contribution in [0.5, 0.6) is 0 Å². The number of carbonyl (C=O) groups is 3. The first-order valence-corrected chi connectivity index (χ1v) is 12.6. The molecule has 2 fully saturated rings. The fourth-order valence-electron chi connectivity index (χ4n) is 4.50. The van der Waals surface area contributed by atoms with Gasteiger partial charge in [0, 0.05) is 45.1 Å². The van der Waals surface area contributed by atoms with Gasteiger partial charge in [0.1, 0.15) is 11.9 Å². The molecule has 2 aromatic rings. The van der Waals surface area contributed by atoms with Crippen LogP contribution >= 0.6 is 11.3 Å². The molecule has 2 saturated heterocycles. The molecule has 3 aliphatic rings. The highest BCUT2D eigenvalue weighted by molar-refractivity contribution is 7.08. The van der Waals surface area contributed by atoms with Gasteiger partial charge in [-0.2, -0.15) is 11.3 Å². The molecule has 0 aliphatic carbocycles. The third kappa shape index (κ3) is 4.99. The van der Waals surface area contributed by atoms with Gasteiger partial charge in [-0.3, -0.25) is 14.5 Å². The van der Waals surface area contributed by atoms with Crippen LogP contribution in [-0.2, 0) is 19.2 Å². The van der Waals surface area contributed by atoms with Crippen LogP contribution in [0.1, 0.15) is 18.9 Å². The van der Waals surface area contributed by atoms with Gasteiger partial charge in [0.25, 0.3) is 5.91 Å². The molecule has 36 heavy (non-hydrogen) atoms. The van der Waals surface area contributed by atoms with Gasteiger partial charge >= 0.3 is 6.09 Å². The molecule has 12 heteroatoms. The maximum atomic E-state index is 15.1. The lowest BCUT2D eigenvalue weighted by Crippen LogP contribution is -2.51. The van der Waals surface area contributed by atoms with E-state index in [1.54, 1.807) is 28.4 Å². The highest BCUT2D eigenvalue weighted by Gasteiger charge is 2.35. The van der Waals surface area contributed by atoms with Crippen molar-refractivity contribution in [2.45, 2.75) is 25.6 Å². The SMILES string of the molecule is CC(=O)NC[C@H]1CN(c2ccc(N3CCN(C(=O)C4CC(c5ccsc5)=NO4)CC3)c(F)c2)C(=O)O1. The average molecular weight is 516 g/mol. The fraction of sp³-hybridized carbons (Fsp3) is 0.417. The van der Waals surface area contributed by atoms with Crippen molar-refractivity contribution in [1.82, 2.24) is 10.2 Å². The lowest BCUT2D eigenvalue weighted by molar-refractivity contribution is -0.142. The van der Waals surface area contributed by atoms with Crippen LogP contribution in [0, 0.1) is 5.82 Å². The Morgan fingerprint density at radius 2 is 2.03 bits per heavy atom. The van der Waals surface area contributed by atoms with Crippen molar-refractivity contribution in [3.8, 4) is 0 Å². The van der Waals surface area contributed by atoms with E-state index in [1.807, 2.05) is 21.7 Å². The largest absolute Gasteiger partial charge is 0.442 e. The Balaban J connectivity index is 1.15. The standard InChI is InChI=1S/C24H26FN5O5S/c1-15(31)26-12-18-13-30(24(33)34-18)17-2-3-21(19(25)10-17)28-5-7-29(8-6-28)23(32)22-11-20(27-35-22)16-4-9-36-14-16/h2-4,9-10,14,18,22H,5-8,11-13H2,1H3,(H,26,31)/t18-,22?/m0/s1. The van der Waals surface area contributed by atoms with Crippen LogP contribution < -0.4 is 15.1 Å². The van der Waals surface area contributed by atoms with Crippen LogP contribution in [0.15, 0.2) is 40.2 Å². The van der Waals surface area contributed by atoms with E-state index < -0.39 is 24.1 Å². The van der Waals surface area contributed by atoms with E-state index in [0.717, 1.165) is 11.3 Å². The second-order valence-corrected chi connectivity index (χ2v) is 9.63. The first kappa shape index (κ1) is 24.0.